The Morgan fingerprint density at radius 1 is 1.38 bits per heavy atom. The van der Waals surface area contributed by atoms with Crippen molar-refractivity contribution in [2.24, 2.45) is 0 Å². The van der Waals surface area contributed by atoms with Crippen LogP contribution in [0.3, 0.4) is 0 Å². The van der Waals surface area contributed by atoms with Crippen LogP contribution >= 0.6 is 0 Å². The summed E-state index contributed by atoms with van der Waals surface area (Å²) in [6.07, 6.45) is 3.88. The normalized spacial score (nSPS) is 18.6. The molecule has 1 amide bonds. The minimum atomic E-state index is 0.225. The number of piperidine rings is 1. The monoisotopic (exact) mass is 290 g/mol. The zero-order valence-electron chi connectivity index (χ0n) is 13.1. The highest BCUT2D eigenvalue weighted by Crippen LogP contribution is 2.15. The topological polar surface area (TPSA) is 41.6 Å². The SMILES string of the molecule is CCCNC1CCCN(C(=O)Cc2ccc(OC)cc2)C1. The van der Waals surface area contributed by atoms with Crippen molar-refractivity contribution < 1.29 is 9.53 Å². The van der Waals surface area contributed by atoms with Crippen molar-refractivity contribution >= 4 is 5.91 Å². The van der Waals surface area contributed by atoms with Crippen LogP contribution in [0.2, 0.25) is 0 Å². The minimum absolute atomic E-state index is 0.225. The number of carbonyl (C=O) groups is 1. The molecule has 21 heavy (non-hydrogen) atoms. The van der Waals surface area contributed by atoms with Crippen LogP contribution in [0, 0.1) is 0 Å². The summed E-state index contributed by atoms with van der Waals surface area (Å²) in [5.41, 5.74) is 1.05. The molecule has 1 atom stereocenters. The van der Waals surface area contributed by atoms with Gasteiger partial charge < -0.3 is 15.0 Å². The van der Waals surface area contributed by atoms with E-state index in [1.165, 1.54) is 6.42 Å². The number of methoxy groups -OCH3 is 1. The summed E-state index contributed by atoms with van der Waals surface area (Å²) in [4.78, 5) is 14.4. The summed E-state index contributed by atoms with van der Waals surface area (Å²) in [7, 11) is 1.65. The summed E-state index contributed by atoms with van der Waals surface area (Å²) in [5, 5.41) is 3.52. The number of nitrogens with one attached hydrogen (secondary N) is 1. The van der Waals surface area contributed by atoms with E-state index >= 15 is 0 Å². The Balaban J connectivity index is 1.86. The molecule has 1 heterocycles. The third-order valence-corrected chi connectivity index (χ3v) is 3.97. The Morgan fingerprint density at radius 2 is 2.14 bits per heavy atom. The lowest BCUT2D eigenvalue weighted by Crippen LogP contribution is -2.48. The Labute approximate surface area is 127 Å². The van der Waals surface area contributed by atoms with E-state index in [4.69, 9.17) is 4.74 Å². The second kappa shape index (κ2) is 8.03. The van der Waals surface area contributed by atoms with Gasteiger partial charge in [0.05, 0.1) is 13.5 Å². The van der Waals surface area contributed by atoms with Gasteiger partial charge in [-0.15, -0.1) is 0 Å². The van der Waals surface area contributed by atoms with Crippen molar-refractivity contribution in [1.82, 2.24) is 10.2 Å². The molecule has 1 saturated heterocycles. The molecule has 1 aromatic carbocycles. The van der Waals surface area contributed by atoms with Crippen LogP contribution in [-0.2, 0) is 11.2 Å². The molecule has 1 aliphatic rings. The highest BCUT2D eigenvalue weighted by Gasteiger charge is 2.22. The van der Waals surface area contributed by atoms with Crippen LogP contribution in [0.5, 0.6) is 5.75 Å². The smallest absolute Gasteiger partial charge is 0.227 e. The average Bonchev–Trinajstić information content (AvgIpc) is 2.54. The summed E-state index contributed by atoms with van der Waals surface area (Å²) < 4.78 is 5.14. The van der Waals surface area contributed by atoms with E-state index in [-0.39, 0.29) is 5.91 Å². The molecule has 0 bridgehead atoms. The van der Waals surface area contributed by atoms with Crippen LogP contribution in [-0.4, -0.2) is 43.6 Å². The Morgan fingerprint density at radius 3 is 2.81 bits per heavy atom. The fourth-order valence-electron chi connectivity index (χ4n) is 2.75. The van der Waals surface area contributed by atoms with Crippen molar-refractivity contribution in [2.75, 3.05) is 26.7 Å². The summed E-state index contributed by atoms with van der Waals surface area (Å²) in [6.45, 7) is 4.93. The maximum absolute atomic E-state index is 12.4. The second-order valence-corrected chi connectivity index (χ2v) is 5.66. The van der Waals surface area contributed by atoms with E-state index in [2.05, 4.69) is 12.2 Å². The molecule has 4 heteroatoms. The highest BCUT2D eigenvalue weighted by molar-refractivity contribution is 5.79. The van der Waals surface area contributed by atoms with Gasteiger partial charge in [0, 0.05) is 19.1 Å². The molecular formula is C17H26N2O2. The largest absolute Gasteiger partial charge is 0.497 e. The first-order valence-corrected chi connectivity index (χ1v) is 7.87. The first kappa shape index (κ1) is 15.8. The zero-order chi connectivity index (χ0) is 15.1. The number of hydrogen-bond donors (Lipinski definition) is 1. The van der Waals surface area contributed by atoms with Crippen molar-refractivity contribution in [3.63, 3.8) is 0 Å². The van der Waals surface area contributed by atoms with Gasteiger partial charge in [0.2, 0.25) is 5.91 Å². The summed E-state index contributed by atoms with van der Waals surface area (Å²) >= 11 is 0. The number of rotatable bonds is 6. The molecule has 1 aromatic rings. The third-order valence-electron chi connectivity index (χ3n) is 3.97. The van der Waals surface area contributed by atoms with Gasteiger partial charge in [0.25, 0.3) is 0 Å². The molecule has 0 spiro atoms. The summed E-state index contributed by atoms with van der Waals surface area (Å²) in [5.74, 6) is 1.05. The van der Waals surface area contributed by atoms with Gasteiger partial charge >= 0.3 is 0 Å². The number of likely N-dealkylation sites (tertiary alicyclic amines) is 1. The predicted octanol–water partition coefficient (Wildman–Crippen LogP) is 2.23. The molecule has 1 aliphatic heterocycles. The predicted molar refractivity (Wildman–Crippen MR) is 84.6 cm³/mol. The van der Waals surface area contributed by atoms with E-state index in [1.54, 1.807) is 7.11 Å². The van der Waals surface area contributed by atoms with Crippen molar-refractivity contribution in [2.45, 2.75) is 38.6 Å². The molecule has 0 radical (unpaired) electrons. The van der Waals surface area contributed by atoms with Crippen molar-refractivity contribution in [1.29, 1.82) is 0 Å². The molecule has 0 aromatic heterocycles. The molecule has 2 rings (SSSR count). The lowest BCUT2D eigenvalue weighted by molar-refractivity contribution is -0.131. The van der Waals surface area contributed by atoms with E-state index < -0.39 is 0 Å². The maximum Gasteiger partial charge on any atom is 0.227 e. The molecule has 1 fully saturated rings. The Bertz CT molecular complexity index is 445. The molecule has 0 saturated carbocycles. The van der Waals surface area contributed by atoms with Gasteiger partial charge in [-0.05, 0) is 43.5 Å². The second-order valence-electron chi connectivity index (χ2n) is 5.66. The number of ether oxygens (including phenoxy) is 1. The average molecular weight is 290 g/mol. The number of amides is 1. The molecule has 116 valence electrons. The van der Waals surface area contributed by atoms with Crippen LogP contribution < -0.4 is 10.1 Å². The molecule has 0 aliphatic carbocycles. The molecule has 1 N–H and O–H groups in total. The Hall–Kier alpha value is -1.55. The fourth-order valence-corrected chi connectivity index (χ4v) is 2.75. The summed E-state index contributed by atoms with van der Waals surface area (Å²) in [6, 6.07) is 8.20. The lowest BCUT2D eigenvalue weighted by Gasteiger charge is -2.33. The third kappa shape index (κ3) is 4.74. The van der Waals surface area contributed by atoms with Crippen LogP contribution in [0.25, 0.3) is 0 Å². The van der Waals surface area contributed by atoms with Crippen LogP contribution in [0.1, 0.15) is 31.7 Å². The van der Waals surface area contributed by atoms with E-state index in [0.717, 1.165) is 43.8 Å². The first-order chi connectivity index (χ1) is 10.2. The molecular weight excluding hydrogens is 264 g/mol. The number of carbonyl (C=O) groups excluding carboxylic acids is 1. The number of hydrogen-bond acceptors (Lipinski definition) is 3. The van der Waals surface area contributed by atoms with Gasteiger partial charge in [0.15, 0.2) is 0 Å². The minimum Gasteiger partial charge on any atom is -0.497 e. The quantitative estimate of drug-likeness (QED) is 0.873. The Kier molecular flexibility index (Phi) is 6.05. The first-order valence-electron chi connectivity index (χ1n) is 7.87. The molecule has 4 nitrogen and oxygen atoms in total. The van der Waals surface area contributed by atoms with Crippen molar-refractivity contribution in [3.05, 3.63) is 29.8 Å². The van der Waals surface area contributed by atoms with E-state index in [9.17, 15) is 4.79 Å². The van der Waals surface area contributed by atoms with Crippen molar-refractivity contribution in [3.8, 4) is 5.75 Å². The lowest BCUT2D eigenvalue weighted by atomic mass is 10.0. The van der Waals surface area contributed by atoms with Gasteiger partial charge in [-0.25, -0.2) is 0 Å². The number of nitrogens with zero attached hydrogens (tertiary/aromatic N) is 1. The van der Waals surface area contributed by atoms with Gasteiger partial charge in [0.1, 0.15) is 5.75 Å². The van der Waals surface area contributed by atoms with Crippen LogP contribution in [0.4, 0.5) is 0 Å². The standard InChI is InChI=1S/C17H26N2O2/c1-3-10-18-15-5-4-11-19(13-15)17(20)12-14-6-8-16(21-2)9-7-14/h6-9,15,18H,3-5,10-13H2,1-2H3. The fraction of sp³-hybridized carbons (Fsp3) is 0.588. The molecule has 1 unspecified atom stereocenters. The van der Waals surface area contributed by atoms with Gasteiger partial charge in [-0.1, -0.05) is 19.1 Å². The maximum atomic E-state index is 12.4. The number of benzene rings is 1. The van der Waals surface area contributed by atoms with Crippen LogP contribution in [0.15, 0.2) is 24.3 Å². The van der Waals surface area contributed by atoms with E-state index in [0.29, 0.717) is 12.5 Å². The highest BCUT2D eigenvalue weighted by atomic mass is 16.5. The van der Waals surface area contributed by atoms with Gasteiger partial charge in [-0.3, -0.25) is 4.79 Å². The van der Waals surface area contributed by atoms with Gasteiger partial charge in [-0.2, -0.15) is 0 Å². The van der Waals surface area contributed by atoms with E-state index in [1.807, 2.05) is 29.2 Å². The zero-order valence-corrected chi connectivity index (χ0v) is 13.1.